The lowest BCUT2D eigenvalue weighted by atomic mass is 9.57. The number of methoxy groups -OCH3 is 1. The molecule has 1 saturated carbocycles. The van der Waals surface area contributed by atoms with E-state index in [1.54, 1.807) is 24.1 Å². The SMILES string of the molecule is COCOc1cc(-c2c(-c3ccc(C(=O)O)cc3)nc(C3CC4(C3)CN(C(=O)OC(C)(C)C)C4)n2C)c2ccccc2c1. The van der Waals surface area contributed by atoms with Crippen molar-refractivity contribution in [1.82, 2.24) is 14.5 Å². The second-order valence-corrected chi connectivity index (χ2v) is 12.8. The maximum Gasteiger partial charge on any atom is 0.410 e. The number of likely N-dealkylation sites (tertiary alicyclic amines) is 1. The topological polar surface area (TPSA) is 103 Å². The van der Waals surface area contributed by atoms with Crippen LogP contribution in [0.5, 0.6) is 5.75 Å². The summed E-state index contributed by atoms with van der Waals surface area (Å²) in [5, 5.41) is 11.6. The number of carboxylic acid groups (broad SMARTS) is 1. The van der Waals surface area contributed by atoms with Crippen LogP contribution in [0.3, 0.4) is 0 Å². The van der Waals surface area contributed by atoms with Crippen LogP contribution in [0.4, 0.5) is 4.79 Å². The third kappa shape index (κ3) is 5.45. The van der Waals surface area contributed by atoms with E-state index < -0.39 is 11.6 Å². The van der Waals surface area contributed by atoms with Crippen LogP contribution in [0.15, 0.2) is 60.7 Å². The summed E-state index contributed by atoms with van der Waals surface area (Å²) in [6.07, 6.45) is 1.62. The van der Waals surface area contributed by atoms with E-state index >= 15 is 0 Å². The molecular formula is C34H37N3O6. The van der Waals surface area contributed by atoms with Gasteiger partial charge in [0.15, 0.2) is 6.79 Å². The number of aromatic nitrogens is 2. The van der Waals surface area contributed by atoms with Crippen LogP contribution in [0.2, 0.25) is 0 Å². The predicted octanol–water partition coefficient (Wildman–Crippen LogP) is 6.70. The fourth-order valence-electron chi connectivity index (χ4n) is 6.50. The highest BCUT2D eigenvalue weighted by Crippen LogP contribution is 2.56. The molecule has 4 aromatic rings. The molecule has 1 aliphatic heterocycles. The molecule has 1 aliphatic carbocycles. The molecule has 9 heteroatoms. The van der Waals surface area contributed by atoms with Gasteiger partial charge >= 0.3 is 12.1 Å². The molecule has 0 atom stereocenters. The lowest BCUT2D eigenvalue weighted by molar-refractivity contribution is -0.0800. The van der Waals surface area contributed by atoms with Gasteiger partial charge in [-0.1, -0.05) is 36.4 Å². The predicted molar refractivity (Wildman–Crippen MR) is 163 cm³/mol. The maximum absolute atomic E-state index is 12.5. The molecule has 224 valence electrons. The lowest BCUT2D eigenvalue weighted by Crippen LogP contribution is -2.63. The monoisotopic (exact) mass is 583 g/mol. The van der Waals surface area contributed by atoms with Crippen LogP contribution in [0.25, 0.3) is 33.3 Å². The van der Waals surface area contributed by atoms with Crippen molar-refractivity contribution in [2.24, 2.45) is 12.5 Å². The van der Waals surface area contributed by atoms with E-state index in [2.05, 4.69) is 16.7 Å². The number of carbonyl (C=O) groups is 2. The largest absolute Gasteiger partial charge is 0.478 e. The van der Waals surface area contributed by atoms with Gasteiger partial charge in [-0.3, -0.25) is 0 Å². The number of hydrogen-bond acceptors (Lipinski definition) is 6. The summed E-state index contributed by atoms with van der Waals surface area (Å²) in [7, 11) is 3.64. The van der Waals surface area contributed by atoms with Crippen molar-refractivity contribution in [2.45, 2.75) is 45.1 Å². The number of amides is 1. The van der Waals surface area contributed by atoms with E-state index in [9.17, 15) is 14.7 Å². The zero-order valence-electron chi connectivity index (χ0n) is 25.2. The summed E-state index contributed by atoms with van der Waals surface area (Å²) < 4.78 is 18.8. The number of benzene rings is 3. The smallest absolute Gasteiger partial charge is 0.410 e. The Bertz CT molecular complexity index is 1690. The number of ether oxygens (including phenoxy) is 3. The second-order valence-electron chi connectivity index (χ2n) is 12.8. The standard InChI is InChI=1S/C34H37N3O6/c1-33(2,3)43-32(40)37-18-34(19-37)16-24(17-34)30-35-28(21-10-12-22(13-11-21)31(38)39)29(36(30)4)27-15-25(42-20-41-5)14-23-8-6-7-9-26(23)27/h6-15,24H,16-20H2,1-5H3,(H,38,39). The first-order valence-electron chi connectivity index (χ1n) is 14.5. The van der Waals surface area contributed by atoms with Crippen LogP contribution in [0, 0.1) is 5.41 Å². The Hall–Kier alpha value is -4.37. The Balaban J connectivity index is 1.37. The van der Waals surface area contributed by atoms with Crippen LogP contribution < -0.4 is 4.74 Å². The molecule has 0 unspecified atom stereocenters. The third-order valence-electron chi connectivity index (χ3n) is 8.40. The molecule has 9 nitrogen and oxygen atoms in total. The first-order chi connectivity index (χ1) is 20.5. The molecule has 1 N–H and O–H groups in total. The van der Waals surface area contributed by atoms with Crippen molar-refractivity contribution in [3.05, 3.63) is 72.1 Å². The summed E-state index contributed by atoms with van der Waals surface area (Å²) in [5.41, 5.74) is 3.33. The summed E-state index contributed by atoms with van der Waals surface area (Å²) >= 11 is 0. The molecule has 2 fully saturated rings. The van der Waals surface area contributed by atoms with Crippen LogP contribution in [-0.4, -0.2) is 64.2 Å². The van der Waals surface area contributed by atoms with Crippen molar-refractivity contribution in [2.75, 3.05) is 27.0 Å². The molecule has 3 aromatic carbocycles. The Labute approximate surface area is 251 Å². The van der Waals surface area contributed by atoms with E-state index in [1.165, 1.54) is 0 Å². The van der Waals surface area contributed by atoms with Gasteiger partial charge in [0.1, 0.15) is 17.2 Å². The fraction of sp³-hybridized carbons (Fsp3) is 0.382. The first kappa shape index (κ1) is 28.7. The Morgan fingerprint density at radius 2 is 1.74 bits per heavy atom. The zero-order valence-corrected chi connectivity index (χ0v) is 25.2. The molecule has 6 rings (SSSR count). The number of carbonyl (C=O) groups excluding carboxylic acids is 1. The maximum atomic E-state index is 12.5. The molecule has 0 radical (unpaired) electrons. The highest BCUT2D eigenvalue weighted by atomic mass is 16.7. The minimum Gasteiger partial charge on any atom is -0.478 e. The van der Waals surface area contributed by atoms with Crippen molar-refractivity contribution in [3.8, 4) is 28.3 Å². The molecule has 1 saturated heterocycles. The van der Waals surface area contributed by atoms with E-state index in [0.717, 1.165) is 52.0 Å². The molecular weight excluding hydrogens is 546 g/mol. The molecule has 2 heterocycles. The fourth-order valence-corrected chi connectivity index (χ4v) is 6.50. The normalized spacial score (nSPS) is 16.2. The molecule has 1 amide bonds. The summed E-state index contributed by atoms with van der Waals surface area (Å²) in [4.78, 5) is 31.1. The molecule has 1 spiro atoms. The highest BCUT2D eigenvalue weighted by Gasteiger charge is 2.55. The quantitative estimate of drug-likeness (QED) is 0.241. The zero-order chi connectivity index (χ0) is 30.5. The van der Waals surface area contributed by atoms with Gasteiger partial charge in [0.25, 0.3) is 0 Å². The van der Waals surface area contributed by atoms with E-state index in [4.69, 9.17) is 19.2 Å². The van der Waals surface area contributed by atoms with Crippen LogP contribution >= 0.6 is 0 Å². The van der Waals surface area contributed by atoms with Gasteiger partial charge in [0.2, 0.25) is 0 Å². The van der Waals surface area contributed by atoms with Crippen molar-refractivity contribution in [3.63, 3.8) is 0 Å². The van der Waals surface area contributed by atoms with Gasteiger partial charge in [0, 0.05) is 49.7 Å². The molecule has 2 aliphatic rings. The minimum absolute atomic E-state index is 0.0948. The second kappa shape index (κ2) is 10.7. The minimum atomic E-state index is -0.969. The number of imidazole rings is 1. The number of carboxylic acids is 1. The van der Waals surface area contributed by atoms with E-state index in [-0.39, 0.29) is 29.8 Å². The number of nitrogens with zero attached hydrogens (tertiary/aromatic N) is 3. The Morgan fingerprint density at radius 1 is 1.05 bits per heavy atom. The average Bonchev–Trinajstić information content (AvgIpc) is 3.25. The average molecular weight is 584 g/mol. The van der Waals surface area contributed by atoms with Crippen molar-refractivity contribution in [1.29, 1.82) is 0 Å². The van der Waals surface area contributed by atoms with Crippen molar-refractivity contribution < 1.29 is 28.9 Å². The Kier molecular flexibility index (Phi) is 7.16. The van der Waals surface area contributed by atoms with Gasteiger partial charge in [-0.15, -0.1) is 0 Å². The van der Waals surface area contributed by atoms with E-state index in [1.807, 2.05) is 64.2 Å². The summed E-state index contributed by atoms with van der Waals surface area (Å²) in [6.45, 7) is 7.17. The molecule has 0 bridgehead atoms. The highest BCUT2D eigenvalue weighted by molar-refractivity contribution is 6.00. The van der Waals surface area contributed by atoms with Gasteiger partial charge in [-0.25, -0.2) is 14.6 Å². The lowest BCUT2D eigenvalue weighted by Gasteiger charge is -2.58. The summed E-state index contributed by atoms with van der Waals surface area (Å²) in [6, 6.07) is 19.0. The van der Waals surface area contributed by atoms with Crippen LogP contribution in [0.1, 0.15) is 55.7 Å². The number of hydrogen-bond donors (Lipinski definition) is 1. The number of fused-ring (bicyclic) bond motifs is 1. The molecule has 43 heavy (non-hydrogen) atoms. The van der Waals surface area contributed by atoms with Crippen LogP contribution in [-0.2, 0) is 16.5 Å². The van der Waals surface area contributed by atoms with E-state index in [0.29, 0.717) is 18.8 Å². The summed E-state index contributed by atoms with van der Waals surface area (Å²) in [5.74, 6) is 0.921. The van der Waals surface area contributed by atoms with Gasteiger partial charge in [-0.05, 0) is 68.7 Å². The van der Waals surface area contributed by atoms with Crippen molar-refractivity contribution >= 4 is 22.8 Å². The van der Waals surface area contributed by atoms with Gasteiger partial charge in [-0.2, -0.15) is 0 Å². The molecule has 1 aromatic heterocycles. The first-order valence-corrected chi connectivity index (χ1v) is 14.5. The Morgan fingerprint density at radius 3 is 2.40 bits per heavy atom. The van der Waals surface area contributed by atoms with Gasteiger partial charge in [0.05, 0.1) is 17.0 Å². The number of rotatable bonds is 7. The number of aromatic carboxylic acids is 1. The third-order valence-corrected chi connectivity index (χ3v) is 8.40. The van der Waals surface area contributed by atoms with Gasteiger partial charge < -0.3 is 28.8 Å².